The Balaban J connectivity index is 1.22. The number of carbonyl (C=O) groups excluding carboxylic acids is 6. The summed E-state index contributed by atoms with van der Waals surface area (Å²) in [4.78, 5) is 84.4. The number of likely N-dealkylation sites (tertiary alicyclic amines) is 3. The number of nitrogens with one attached hydrogen (secondary N) is 3. The number of amides is 6. The molecule has 0 aromatic rings. The number of imide groups is 3. The van der Waals surface area contributed by atoms with Gasteiger partial charge in [-0.05, 0) is 38.5 Å². The predicted octanol–water partition coefficient (Wildman–Crippen LogP) is 0.145. The van der Waals surface area contributed by atoms with Crippen molar-refractivity contribution < 1.29 is 28.8 Å². The van der Waals surface area contributed by atoms with Crippen LogP contribution in [-0.4, -0.2) is 69.0 Å². The fraction of sp³-hybridized carbons (Fsp3) is 0.778. The van der Waals surface area contributed by atoms with Crippen molar-refractivity contribution in [1.29, 1.82) is 0 Å². The Morgan fingerprint density at radius 1 is 0.359 bits per heavy atom. The van der Waals surface area contributed by atoms with Gasteiger partial charge in [-0.3, -0.25) is 59.4 Å². The maximum Gasteiger partial charge on any atom is 0.235 e. The van der Waals surface area contributed by atoms with Gasteiger partial charge < -0.3 is 0 Å². The monoisotopic (exact) mass is 540 g/mol. The van der Waals surface area contributed by atoms with E-state index in [1.54, 1.807) is 0 Å². The number of hydrogen-bond donors (Lipinski definition) is 3. The van der Waals surface area contributed by atoms with Crippen LogP contribution in [0.3, 0.4) is 0 Å². The van der Waals surface area contributed by atoms with Gasteiger partial charge in [-0.2, -0.15) is 0 Å². The van der Waals surface area contributed by atoms with Crippen LogP contribution in [0.1, 0.15) is 77.0 Å². The molecule has 6 amide bonds. The van der Waals surface area contributed by atoms with E-state index in [0.717, 1.165) is 53.2 Å². The molecule has 0 spiro atoms. The third-order valence-electron chi connectivity index (χ3n) is 10.3. The number of fused-ring (bicyclic) bond motifs is 3. The summed E-state index contributed by atoms with van der Waals surface area (Å²) in [6, 6.07) is 0. The summed E-state index contributed by atoms with van der Waals surface area (Å²) in [5, 5.41) is 9.36. The molecule has 6 atom stereocenters. The minimum Gasteiger partial charge on any atom is -0.274 e. The molecule has 0 radical (unpaired) electrons. The van der Waals surface area contributed by atoms with Gasteiger partial charge in [0.15, 0.2) is 0 Å². The molecule has 7 rings (SSSR count). The molecule has 39 heavy (non-hydrogen) atoms. The van der Waals surface area contributed by atoms with Gasteiger partial charge in [-0.15, -0.1) is 0 Å². The summed E-state index contributed by atoms with van der Waals surface area (Å²) in [7, 11) is 0. The highest BCUT2D eigenvalue weighted by atomic mass is 16.2. The summed E-state index contributed by atoms with van der Waals surface area (Å²) >= 11 is 0. The fourth-order valence-electron chi connectivity index (χ4n) is 8.37. The van der Waals surface area contributed by atoms with Crippen molar-refractivity contribution in [2.45, 2.75) is 95.9 Å². The van der Waals surface area contributed by atoms with Crippen LogP contribution in [0.25, 0.3) is 0 Å². The first-order valence-electron chi connectivity index (χ1n) is 14.8. The SMILES string of the molecule is O=C1C2CCCCC2C(=O)N1C1NC(N2C(=O)C3CCCCC3C2=O)NC(N2C(=O)C3CCCCC3C2=O)N1. The van der Waals surface area contributed by atoms with Crippen LogP contribution >= 0.6 is 0 Å². The maximum absolute atomic E-state index is 13.5. The molecule has 3 aliphatic carbocycles. The van der Waals surface area contributed by atoms with Crippen LogP contribution in [-0.2, 0) is 28.8 Å². The van der Waals surface area contributed by atoms with E-state index in [2.05, 4.69) is 16.0 Å². The molecule has 12 heteroatoms. The van der Waals surface area contributed by atoms with Gasteiger partial charge >= 0.3 is 0 Å². The quantitative estimate of drug-likeness (QED) is 0.425. The Labute approximate surface area is 226 Å². The predicted molar refractivity (Wildman–Crippen MR) is 133 cm³/mol. The third-order valence-corrected chi connectivity index (χ3v) is 10.3. The van der Waals surface area contributed by atoms with E-state index in [-0.39, 0.29) is 35.4 Å². The van der Waals surface area contributed by atoms with Crippen molar-refractivity contribution in [2.24, 2.45) is 35.5 Å². The zero-order chi connectivity index (χ0) is 27.0. The molecule has 7 fully saturated rings. The molecule has 7 aliphatic rings. The fourth-order valence-corrected chi connectivity index (χ4v) is 8.37. The standard InChI is InChI=1S/C27H36N6O6/c34-19-13-7-1-2-8-14(13)20(35)31(19)25-28-26(32-21(36)15-9-3-4-10-16(15)22(32)37)30-27(29-25)33-23(38)17-11-5-6-12-18(17)24(33)39/h13-18,25-30H,1-12H2. The molecular formula is C27H36N6O6. The summed E-state index contributed by atoms with van der Waals surface area (Å²) < 4.78 is 0. The lowest BCUT2D eigenvalue weighted by molar-refractivity contribution is -0.156. The average molecular weight is 541 g/mol. The second-order valence-corrected chi connectivity index (χ2v) is 12.3. The van der Waals surface area contributed by atoms with Gasteiger partial charge in [-0.1, -0.05) is 38.5 Å². The van der Waals surface area contributed by atoms with E-state index in [4.69, 9.17) is 0 Å². The molecule has 0 aromatic carbocycles. The second kappa shape index (κ2) is 9.45. The highest BCUT2D eigenvalue weighted by molar-refractivity contribution is 6.07. The lowest BCUT2D eigenvalue weighted by Gasteiger charge is -2.45. The van der Waals surface area contributed by atoms with Gasteiger partial charge in [-0.25, -0.2) is 0 Å². The highest BCUT2D eigenvalue weighted by Gasteiger charge is 2.58. The smallest absolute Gasteiger partial charge is 0.235 e. The molecule has 4 saturated heterocycles. The third kappa shape index (κ3) is 3.74. The molecule has 6 unspecified atom stereocenters. The zero-order valence-electron chi connectivity index (χ0n) is 22.0. The van der Waals surface area contributed by atoms with Crippen molar-refractivity contribution >= 4 is 35.4 Å². The van der Waals surface area contributed by atoms with E-state index in [9.17, 15) is 28.8 Å². The van der Waals surface area contributed by atoms with E-state index in [1.807, 2.05) is 0 Å². The minimum absolute atomic E-state index is 0.297. The zero-order valence-corrected chi connectivity index (χ0v) is 22.0. The Morgan fingerprint density at radius 3 is 0.718 bits per heavy atom. The van der Waals surface area contributed by atoms with Crippen LogP contribution in [0.15, 0.2) is 0 Å². The minimum atomic E-state index is -1.08. The van der Waals surface area contributed by atoms with Crippen LogP contribution in [0, 0.1) is 35.5 Å². The molecule has 0 bridgehead atoms. The van der Waals surface area contributed by atoms with Gasteiger partial charge in [0.2, 0.25) is 35.4 Å². The summed E-state index contributed by atoms with van der Waals surface area (Å²) in [6.45, 7) is 0. The van der Waals surface area contributed by atoms with Crippen LogP contribution in [0.4, 0.5) is 0 Å². The molecule has 3 N–H and O–H groups in total. The van der Waals surface area contributed by atoms with Crippen LogP contribution in [0.5, 0.6) is 0 Å². The molecule has 12 nitrogen and oxygen atoms in total. The molecule has 210 valence electrons. The van der Waals surface area contributed by atoms with Crippen molar-refractivity contribution in [1.82, 2.24) is 30.7 Å². The molecule has 4 heterocycles. The van der Waals surface area contributed by atoms with E-state index >= 15 is 0 Å². The van der Waals surface area contributed by atoms with Gasteiger partial charge in [0, 0.05) is 0 Å². The normalized spacial score (nSPS) is 42.8. The van der Waals surface area contributed by atoms with E-state index < -0.39 is 54.4 Å². The Kier molecular flexibility index (Phi) is 6.12. The van der Waals surface area contributed by atoms with E-state index in [1.165, 1.54) is 0 Å². The van der Waals surface area contributed by atoms with Crippen molar-refractivity contribution in [3.05, 3.63) is 0 Å². The number of carbonyl (C=O) groups is 6. The van der Waals surface area contributed by atoms with Gasteiger partial charge in [0.05, 0.1) is 35.5 Å². The van der Waals surface area contributed by atoms with Crippen molar-refractivity contribution in [3.63, 3.8) is 0 Å². The average Bonchev–Trinajstić information content (AvgIpc) is 3.48. The summed E-state index contributed by atoms with van der Waals surface area (Å²) in [5.74, 6) is -4.13. The Hall–Kier alpha value is -2.70. The largest absolute Gasteiger partial charge is 0.274 e. The second-order valence-electron chi connectivity index (χ2n) is 12.3. The lowest BCUT2D eigenvalue weighted by Crippen LogP contribution is -2.79. The first-order chi connectivity index (χ1) is 18.9. The topological polar surface area (TPSA) is 148 Å². The van der Waals surface area contributed by atoms with Crippen LogP contribution < -0.4 is 16.0 Å². The van der Waals surface area contributed by atoms with Gasteiger partial charge in [0.25, 0.3) is 0 Å². The molecule has 3 saturated carbocycles. The lowest BCUT2D eigenvalue weighted by atomic mass is 9.81. The maximum atomic E-state index is 13.5. The first kappa shape index (κ1) is 25.3. The van der Waals surface area contributed by atoms with Crippen molar-refractivity contribution in [2.75, 3.05) is 0 Å². The number of hydrogen-bond acceptors (Lipinski definition) is 9. The number of rotatable bonds is 3. The molecule has 0 aromatic heterocycles. The first-order valence-corrected chi connectivity index (χ1v) is 14.8. The van der Waals surface area contributed by atoms with Crippen LogP contribution in [0.2, 0.25) is 0 Å². The Bertz CT molecular complexity index is 928. The molecular weight excluding hydrogens is 504 g/mol. The number of nitrogens with zero attached hydrogens (tertiary/aromatic N) is 3. The van der Waals surface area contributed by atoms with Gasteiger partial charge in [0.1, 0.15) is 18.9 Å². The highest BCUT2D eigenvalue weighted by Crippen LogP contribution is 2.42. The Morgan fingerprint density at radius 2 is 0.538 bits per heavy atom. The summed E-state index contributed by atoms with van der Waals surface area (Å²) in [6.07, 6.45) is 5.88. The van der Waals surface area contributed by atoms with Crippen molar-refractivity contribution in [3.8, 4) is 0 Å². The molecule has 4 aliphatic heterocycles. The summed E-state index contributed by atoms with van der Waals surface area (Å²) in [5.41, 5.74) is 0. The van der Waals surface area contributed by atoms with E-state index in [0.29, 0.717) is 38.5 Å².